The minimum atomic E-state index is 0.0599. The number of hydrogen-bond acceptors (Lipinski definition) is 2. The maximum Gasteiger partial charge on any atom is 0.237 e. The summed E-state index contributed by atoms with van der Waals surface area (Å²) < 4.78 is 0. The Morgan fingerprint density at radius 1 is 1.80 bits per heavy atom. The van der Waals surface area contributed by atoms with Crippen LogP contribution in [0.2, 0.25) is 0 Å². The molecular weight excluding hydrogens is 128 g/mol. The number of rotatable bonds is 2. The normalized spacial score (nSPS) is 9.80. The number of nitrogens with one attached hydrogen (secondary N) is 1. The maximum atomic E-state index is 7.10. The second kappa shape index (κ2) is 4.67. The van der Waals surface area contributed by atoms with Crippen molar-refractivity contribution in [3.63, 3.8) is 0 Å². The fraction of sp³-hybridized carbons (Fsp3) is 0.500. The highest BCUT2D eigenvalue weighted by atomic mass is 15.5. The molecule has 0 aromatic rings. The Kier molecular flexibility index (Phi) is 4.11. The Hall–Kier alpha value is -1.19. The van der Waals surface area contributed by atoms with Crippen LogP contribution in [-0.2, 0) is 0 Å². The van der Waals surface area contributed by atoms with Crippen molar-refractivity contribution in [1.29, 1.82) is 5.41 Å². The van der Waals surface area contributed by atoms with Gasteiger partial charge in [-0.25, -0.2) is 10.0 Å². The molecule has 0 aliphatic rings. The van der Waals surface area contributed by atoms with Crippen molar-refractivity contribution >= 4 is 18.9 Å². The van der Waals surface area contributed by atoms with Gasteiger partial charge in [0.1, 0.15) is 0 Å². The molecule has 1 N–H and O–H groups in total. The number of nitrogens with zero attached hydrogens (tertiary/aromatic N) is 3. The minimum absolute atomic E-state index is 0.0599. The first-order chi connectivity index (χ1) is 4.72. The van der Waals surface area contributed by atoms with Gasteiger partial charge in [0, 0.05) is 13.3 Å². The van der Waals surface area contributed by atoms with Crippen LogP contribution < -0.4 is 0 Å². The van der Waals surface area contributed by atoms with Gasteiger partial charge in [-0.15, -0.1) is 0 Å². The lowest BCUT2D eigenvalue weighted by Gasteiger charge is -2.07. The molecule has 10 heavy (non-hydrogen) atoms. The van der Waals surface area contributed by atoms with Gasteiger partial charge < -0.3 is 0 Å². The van der Waals surface area contributed by atoms with Crippen molar-refractivity contribution in [3.05, 3.63) is 0 Å². The lowest BCUT2D eigenvalue weighted by Crippen LogP contribution is -2.17. The summed E-state index contributed by atoms with van der Waals surface area (Å²) in [7, 11) is 1.66. The lowest BCUT2D eigenvalue weighted by atomic mass is 10.6. The van der Waals surface area contributed by atoms with E-state index in [9.17, 15) is 0 Å². The van der Waals surface area contributed by atoms with E-state index in [1.54, 1.807) is 13.3 Å². The van der Waals surface area contributed by atoms with Gasteiger partial charge in [-0.1, -0.05) is 6.92 Å². The molecule has 0 aliphatic carbocycles. The molecule has 0 rings (SSSR count). The third kappa shape index (κ3) is 2.96. The van der Waals surface area contributed by atoms with Crippen molar-refractivity contribution in [2.75, 3.05) is 7.05 Å². The number of hydrazone groups is 1. The highest BCUT2D eigenvalue weighted by Gasteiger charge is 1.94. The van der Waals surface area contributed by atoms with Gasteiger partial charge in [0.25, 0.3) is 0 Å². The summed E-state index contributed by atoms with van der Waals surface area (Å²) in [6.07, 6.45) is 2.56. The Morgan fingerprint density at radius 3 is 2.80 bits per heavy atom. The molecule has 4 nitrogen and oxygen atoms in total. The van der Waals surface area contributed by atoms with E-state index in [-0.39, 0.29) is 5.96 Å². The Labute approximate surface area is 60.8 Å². The van der Waals surface area contributed by atoms with Gasteiger partial charge in [-0.3, -0.25) is 5.41 Å². The predicted molar refractivity (Wildman–Crippen MR) is 43.8 cm³/mol. The molecule has 0 unspecified atom stereocenters. The summed E-state index contributed by atoms with van der Waals surface area (Å²) in [6.45, 7) is 5.17. The monoisotopic (exact) mass is 140 g/mol. The van der Waals surface area contributed by atoms with Gasteiger partial charge >= 0.3 is 0 Å². The zero-order valence-electron chi connectivity index (χ0n) is 6.33. The minimum Gasteiger partial charge on any atom is -0.266 e. The molecule has 0 saturated heterocycles. The topological polar surface area (TPSA) is 51.8 Å². The molecule has 0 spiro atoms. The molecule has 0 aliphatic heterocycles. The smallest absolute Gasteiger partial charge is 0.237 e. The number of aliphatic imine (C=N–C) groups is 1. The highest BCUT2D eigenvalue weighted by molar-refractivity contribution is 5.81. The molecule has 0 fully saturated rings. The van der Waals surface area contributed by atoms with Gasteiger partial charge in [0.05, 0.1) is 0 Å². The average molecular weight is 140 g/mol. The first kappa shape index (κ1) is 8.81. The van der Waals surface area contributed by atoms with Crippen LogP contribution in [-0.4, -0.2) is 30.9 Å². The van der Waals surface area contributed by atoms with Crippen LogP contribution in [0, 0.1) is 5.41 Å². The van der Waals surface area contributed by atoms with Crippen LogP contribution in [0.4, 0.5) is 0 Å². The third-order valence-corrected chi connectivity index (χ3v) is 0.894. The summed E-state index contributed by atoms with van der Waals surface area (Å²) in [6, 6.07) is 0. The molecule has 0 aromatic heterocycles. The van der Waals surface area contributed by atoms with Crippen molar-refractivity contribution < 1.29 is 0 Å². The van der Waals surface area contributed by atoms with Crippen LogP contribution in [0.25, 0.3) is 0 Å². The van der Waals surface area contributed by atoms with Crippen LogP contribution in [0.3, 0.4) is 0 Å². The fourth-order valence-corrected chi connectivity index (χ4v) is 0.361. The van der Waals surface area contributed by atoms with Gasteiger partial charge in [-0.2, -0.15) is 5.10 Å². The zero-order chi connectivity index (χ0) is 7.98. The zero-order valence-corrected chi connectivity index (χ0v) is 6.33. The Morgan fingerprint density at radius 2 is 2.40 bits per heavy atom. The van der Waals surface area contributed by atoms with E-state index in [0.717, 1.165) is 6.42 Å². The predicted octanol–water partition coefficient (Wildman–Crippen LogP) is 0.949. The molecule has 0 atom stereocenters. The van der Waals surface area contributed by atoms with Gasteiger partial charge in [0.15, 0.2) is 0 Å². The van der Waals surface area contributed by atoms with Crippen LogP contribution in [0.1, 0.15) is 13.3 Å². The molecular formula is C6H12N4. The van der Waals surface area contributed by atoms with Gasteiger partial charge in [-0.05, 0) is 13.1 Å². The third-order valence-electron chi connectivity index (χ3n) is 0.894. The number of guanidine groups is 1. The summed E-state index contributed by atoms with van der Waals surface area (Å²) >= 11 is 0. The molecule has 4 heteroatoms. The van der Waals surface area contributed by atoms with Gasteiger partial charge in [0.2, 0.25) is 5.96 Å². The van der Waals surface area contributed by atoms with Crippen molar-refractivity contribution in [2.24, 2.45) is 10.1 Å². The van der Waals surface area contributed by atoms with Crippen LogP contribution >= 0.6 is 0 Å². The quantitative estimate of drug-likeness (QED) is 0.346. The molecule has 0 bridgehead atoms. The summed E-state index contributed by atoms with van der Waals surface area (Å²) in [5, 5.41) is 12.3. The first-order valence-corrected chi connectivity index (χ1v) is 3.03. The molecule has 0 radical (unpaired) electrons. The van der Waals surface area contributed by atoms with E-state index in [1.807, 2.05) is 6.92 Å². The second-order valence-corrected chi connectivity index (χ2v) is 1.71. The maximum absolute atomic E-state index is 7.10. The van der Waals surface area contributed by atoms with E-state index in [0.29, 0.717) is 0 Å². The van der Waals surface area contributed by atoms with Crippen LogP contribution in [0.15, 0.2) is 10.1 Å². The van der Waals surface area contributed by atoms with E-state index in [4.69, 9.17) is 5.41 Å². The SMILES string of the molecule is C=NC(=N)N(C)/N=C/CC. The molecule has 0 aromatic carbocycles. The first-order valence-electron chi connectivity index (χ1n) is 3.03. The fourth-order valence-electron chi connectivity index (χ4n) is 0.361. The Balaban J connectivity index is 3.83. The largest absolute Gasteiger partial charge is 0.266 e. The van der Waals surface area contributed by atoms with E-state index in [1.165, 1.54) is 5.01 Å². The summed E-state index contributed by atoms with van der Waals surface area (Å²) in [5.41, 5.74) is 0. The molecule has 0 saturated carbocycles. The van der Waals surface area contributed by atoms with Crippen molar-refractivity contribution in [2.45, 2.75) is 13.3 Å². The Bertz CT molecular complexity index is 150. The highest BCUT2D eigenvalue weighted by Crippen LogP contribution is 1.85. The van der Waals surface area contributed by atoms with Crippen molar-refractivity contribution in [3.8, 4) is 0 Å². The number of hydrogen-bond donors (Lipinski definition) is 1. The summed E-state index contributed by atoms with van der Waals surface area (Å²) in [5.74, 6) is 0.0599. The average Bonchev–Trinajstić information content (AvgIpc) is 1.98. The molecule has 0 amide bonds. The van der Waals surface area contributed by atoms with Crippen LogP contribution in [0.5, 0.6) is 0 Å². The van der Waals surface area contributed by atoms with E-state index < -0.39 is 0 Å². The van der Waals surface area contributed by atoms with E-state index >= 15 is 0 Å². The van der Waals surface area contributed by atoms with E-state index in [2.05, 4.69) is 16.8 Å². The molecule has 56 valence electrons. The standard InChI is InChI=1S/C6H12N4/c1-4-5-9-10(3)6(7)8-2/h5,7H,2,4H2,1,3H3/b7-6?,9-5+. The second-order valence-electron chi connectivity index (χ2n) is 1.71. The lowest BCUT2D eigenvalue weighted by molar-refractivity contribution is 0.536. The van der Waals surface area contributed by atoms with Crippen molar-refractivity contribution in [1.82, 2.24) is 5.01 Å². The summed E-state index contributed by atoms with van der Waals surface area (Å²) in [4.78, 5) is 3.39. The molecule has 0 heterocycles.